The number of unbranched alkanes of at least 4 members (excludes halogenated alkanes) is 3. The summed E-state index contributed by atoms with van der Waals surface area (Å²) in [5.41, 5.74) is 10.9. The third-order valence-electron chi connectivity index (χ3n) is 9.82. The Morgan fingerprint density at radius 2 is 1.43 bits per heavy atom. The average Bonchev–Trinajstić information content (AvgIpc) is 3.20. The third kappa shape index (κ3) is 11.3. The number of nitrogen functional groups attached to an aromatic ring is 1. The highest BCUT2D eigenvalue weighted by Gasteiger charge is 2.34. The quantitative estimate of drug-likeness (QED) is 0.0860. The summed E-state index contributed by atoms with van der Waals surface area (Å²) < 4.78 is 13.2. The number of ether oxygens (including phenoxy) is 2. The summed E-state index contributed by atoms with van der Waals surface area (Å²) >= 11 is 0. The van der Waals surface area contributed by atoms with Crippen molar-refractivity contribution in [1.82, 2.24) is 20.2 Å². The molecule has 0 unspecified atom stereocenters. The number of benzene rings is 3. The van der Waals surface area contributed by atoms with Gasteiger partial charge in [-0.05, 0) is 47.7 Å². The number of rotatable bonds is 16. The molecule has 2 saturated heterocycles. The molecule has 3 aromatic carbocycles. The van der Waals surface area contributed by atoms with Crippen LogP contribution in [0.4, 0.5) is 17.3 Å². The zero-order valence-electron chi connectivity index (χ0n) is 30.2. The van der Waals surface area contributed by atoms with Crippen molar-refractivity contribution in [2.75, 3.05) is 48.7 Å². The lowest BCUT2D eigenvalue weighted by atomic mass is 9.99. The number of amides is 2. The van der Waals surface area contributed by atoms with Gasteiger partial charge in [0.25, 0.3) is 0 Å². The fourth-order valence-corrected chi connectivity index (χ4v) is 6.74. The van der Waals surface area contributed by atoms with Gasteiger partial charge in [0.15, 0.2) is 6.29 Å². The number of piperazine rings is 1. The van der Waals surface area contributed by atoms with Crippen molar-refractivity contribution in [3.8, 4) is 0 Å². The van der Waals surface area contributed by atoms with Crippen LogP contribution in [0.1, 0.15) is 79.6 Å². The Kier molecular flexibility index (Phi) is 13.8. The number of para-hydroxylation sites is 2. The first-order chi connectivity index (χ1) is 25.9. The molecule has 2 amide bonds. The monoisotopic (exact) mass is 721 g/mol. The first kappa shape index (κ1) is 37.9. The summed E-state index contributed by atoms with van der Waals surface area (Å²) in [4.78, 5) is 38.2. The van der Waals surface area contributed by atoms with Crippen molar-refractivity contribution in [2.45, 2.75) is 76.6 Å². The standard InChI is InChI=1S/C41H51N7O5/c42-35-8-5-6-9-36(35)46-39(51)11-4-2-1-3-10-38(50)45-27-30-12-18-33(19-13-30)40-52-34(26-37(53-40)32-16-14-31(29-49)15-17-32)28-47-22-24-48(25-23-47)41-43-20-7-21-44-41/h5-9,12-21,34,37,40,49H,1-4,10-11,22-29,42H2,(H,45,50)(H,46,51)/t34-,37+,40+/m1/s1. The SMILES string of the molecule is Nc1ccccc1NC(=O)CCCCCCC(=O)NCc1ccc([C@H]2O[C@@H](CN3CCN(c4ncccn4)CC3)C[C@@H](c3ccc(CO)cc3)O2)cc1. The lowest BCUT2D eigenvalue weighted by molar-refractivity contribution is -0.253. The molecule has 4 aromatic rings. The number of anilines is 3. The Morgan fingerprint density at radius 1 is 0.774 bits per heavy atom. The van der Waals surface area contributed by atoms with Gasteiger partial charge >= 0.3 is 0 Å². The molecule has 6 rings (SSSR count). The maximum absolute atomic E-state index is 12.6. The van der Waals surface area contributed by atoms with E-state index >= 15 is 0 Å². The Hall–Kier alpha value is -4.88. The van der Waals surface area contributed by atoms with Crippen molar-refractivity contribution in [1.29, 1.82) is 0 Å². The number of carbonyl (C=O) groups is 2. The summed E-state index contributed by atoms with van der Waals surface area (Å²) in [6.45, 7) is 4.73. The second kappa shape index (κ2) is 19.3. The first-order valence-corrected chi connectivity index (χ1v) is 18.7. The van der Waals surface area contributed by atoms with Gasteiger partial charge in [-0.25, -0.2) is 9.97 Å². The third-order valence-corrected chi connectivity index (χ3v) is 9.82. The van der Waals surface area contributed by atoms with Gasteiger partial charge in [0, 0.05) is 76.5 Å². The molecule has 5 N–H and O–H groups in total. The van der Waals surface area contributed by atoms with Crippen LogP contribution >= 0.6 is 0 Å². The van der Waals surface area contributed by atoms with Crippen LogP contribution < -0.4 is 21.3 Å². The van der Waals surface area contributed by atoms with Crippen molar-refractivity contribution < 1.29 is 24.2 Å². The summed E-state index contributed by atoms with van der Waals surface area (Å²) in [5, 5.41) is 15.4. The van der Waals surface area contributed by atoms with E-state index < -0.39 is 6.29 Å². The predicted molar refractivity (Wildman–Crippen MR) is 205 cm³/mol. The molecule has 0 spiro atoms. The Labute approximate surface area is 311 Å². The van der Waals surface area contributed by atoms with Gasteiger partial charge in [0.05, 0.1) is 30.2 Å². The van der Waals surface area contributed by atoms with Crippen LogP contribution in [0.2, 0.25) is 0 Å². The maximum Gasteiger partial charge on any atom is 0.225 e. The first-order valence-electron chi connectivity index (χ1n) is 18.7. The molecule has 0 saturated carbocycles. The van der Waals surface area contributed by atoms with E-state index in [0.717, 1.165) is 93.0 Å². The molecule has 12 heteroatoms. The largest absolute Gasteiger partial charge is 0.397 e. The van der Waals surface area contributed by atoms with Crippen LogP contribution in [-0.4, -0.2) is 70.6 Å². The fourth-order valence-electron chi connectivity index (χ4n) is 6.74. The summed E-state index contributed by atoms with van der Waals surface area (Å²) in [7, 11) is 0. The van der Waals surface area contributed by atoms with E-state index in [4.69, 9.17) is 15.2 Å². The van der Waals surface area contributed by atoms with E-state index in [2.05, 4.69) is 30.4 Å². The second-order valence-corrected chi connectivity index (χ2v) is 13.8. The highest BCUT2D eigenvalue weighted by atomic mass is 16.7. The Balaban J connectivity index is 0.950. The number of aromatic nitrogens is 2. The van der Waals surface area contributed by atoms with Crippen LogP contribution in [0.3, 0.4) is 0 Å². The van der Waals surface area contributed by atoms with Crippen molar-refractivity contribution in [3.05, 3.63) is 114 Å². The van der Waals surface area contributed by atoms with Crippen LogP contribution in [0.15, 0.2) is 91.3 Å². The molecule has 2 aliphatic rings. The lowest BCUT2D eigenvalue weighted by Gasteiger charge is -2.40. The molecule has 2 fully saturated rings. The van der Waals surface area contributed by atoms with E-state index in [-0.39, 0.29) is 30.6 Å². The van der Waals surface area contributed by atoms with Gasteiger partial charge in [-0.3, -0.25) is 14.5 Å². The summed E-state index contributed by atoms with van der Waals surface area (Å²) in [5.74, 6) is 0.733. The minimum absolute atomic E-state index is 0.000949. The number of carbonyl (C=O) groups excluding carboxylic acids is 2. The second-order valence-electron chi connectivity index (χ2n) is 13.8. The molecule has 0 radical (unpaired) electrons. The highest BCUT2D eigenvalue weighted by Crippen LogP contribution is 2.38. The number of hydrogen-bond acceptors (Lipinski definition) is 10. The molecule has 12 nitrogen and oxygen atoms in total. The minimum atomic E-state index is -0.540. The van der Waals surface area contributed by atoms with Crippen molar-refractivity contribution in [2.24, 2.45) is 0 Å². The number of aliphatic hydroxyl groups is 1. The van der Waals surface area contributed by atoms with Crippen molar-refractivity contribution in [3.63, 3.8) is 0 Å². The minimum Gasteiger partial charge on any atom is -0.397 e. The topological polar surface area (TPSA) is 155 Å². The summed E-state index contributed by atoms with van der Waals surface area (Å²) in [6, 6.07) is 25.1. The van der Waals surface area contributed by atoms with Crippen LogP contribution in [0.25, 0.3) is 0 Å². The maximum atomic E-state index is 12.6. The molecule has 2 aliphatic heterocycles. The molecular weight excluding hydrogens is 670 g/mol. The molecule has 280 valence electrons. The van der Waals surface area contributed by atoms with Crippen LogP contribution in [-0.2, 0) is 32.2 Å². The van der Waals surface area contributed by atoms with Gasteiger partial charge in [0.1, 0.15) is 0 Å². The molecular formula is C41H51N7O5. The van der Waals surface area contributed by atoms with Gasteiger partial charge in [-0.2, -0.15) is 0 Å². The fraction of sp³-hybridized carbons (Fsp3) is 0.415. The van der Waals surface area contributed by atoms with E-state index in [1.807, 2.05) is 66.7 Å². The van der Waals surface area contributed by atoms with Crippen LogP contribution in [0, 0.1) is 0 Å². The van der Waals surface area contributed by atoms with E-state index in [1.54, 1.807) is 24.5 Å². The van der Waals surface area contributed by atoms with Gasteiger partial charge in [0.2, 0.25) is 17.8 Å². The number of aliphatic hydroxyl groups excluding tert-OH is 1. The molecule has 53 heavy (non-hydrogen) atoms. The zero-order chi connectivity index (χ0) is 36.8. The average molecular weight is 722 g/mol. The Morgan fingerprint density at radius 3 is 2.13 bits per heavy atom. The predicted octanol–water partition coefficient (Wildman–Crippen LogP) is 5.51. The normalized spacial score (nSPS) is 19.1. The van der Waals surface area contributed by atoms with Crippen LogP contribution in [0.5, 0.6) is 0 Å². The smallest absolute Gasteiger partial charge is 0.225 e. The Bertz CT molecular complexity index is 1730. The van der Waals surface area contributed by atoms with E-state index in [0.29, 0.717) is 30.8 Å². The number of nitrogens with one attached hydrogen (secondary N) is 2. The van der Waals surface area contributed by atoms with Crippen molar-refractivity contribution >= 4 is 29.1 Å². The van der Waals surface area contributed by atoms with Gasteiger partial charge < -0.3 is 35.8 Å². The molecule has 3 heterocycles. The summed E-state index contributed by atoms with van der Waals surface area (Å²) in [6.07, 6.45) is 7.73. The van der Waals surface area contributed by atoms with E-state index in [9.17, 15) is 14.7 Å². The lowest BCUT2D eigenvalue weighted by Crippen LogP contribution is -2.50. The van der Waals surface area contributed by atoms with Gasteiger partial charge in [-0.1, -0.05) is 73.5 Å². The molecule has 3 atom stereocenters. The molecule has 1 aromatic heterocycles. The number of hydrogen-bond donors (Lipinski definition) is 4. The van der Waals surface area contributed by atoms with Gasteiger partial charge in [-0.15, -0.1) is 0 Å². The van der Waals surface area contributed by atoms with E-state index in [1.165, 1.54) is 0 Å². The molecule has 0 aliphatic carbocycles. The molecule has 0 bridgehead atoms. The number of nitrogens with two attached hydrogens (primary N) is 1. The highest BCUT2D eigenvalue weighted by molar-refractivity contribution is 5.93. The zero-order valence-corrected chi connectivity index (χ0v) is 30.2. The number of nitrogens with zero attached hydrogens (tertiary/aromatic N) is 4.